The summed E-state index contributed by atoms with van der Waals surface area (Å²) in [7, 11) is 0. The fraction of sp³-hybridized carbons (Fsp3) is 0.350. The van der Waals surface area contributed by atoms with E-state index in [2.05, 4.69) is 14.9 Å². The largest absolute Gasteiger partial charge is 0.339 e. The fourth-order valence-electron chi connectivity index (χ4n) is 3.60. The second-order valence-corrected chi connectivity index (χ2v) is 6.83. The van der Waals surface area contributed by atoms with Crippen molar-refractivity contribution < 1.29 is 14.4 Å². The number of amides is 3. The highest BCUT2D eigenvalue weighted by atomic mass is 16.2. The predicted molar refractivity (Wildman–Crippen MR) is 102 cm³/mol. The van der Waals surface area contributed by atoms with E-state index in [1.807, 2.05) is 4.90 Å². The summed E-state index contributed by atoms with van der Waals surface area (Å²) in [6, 6.07) is 8.60. The summed E-state index contributed by atoms with van der Waals surface area (Å²) in [6.07, 6.45) is 4.19. The van der Waals surface area contributed by atoms with Crippen LogP contribution in [0.25, 0.3) is 0 Å². The van der Waals surface area contributed by atoms with Gasteiger partial charge in [0.2, 0.25) is 11.9 Å². The Balaban J connectivity index is 1.25. The second-order valence-electron chi connectivity index (χ2n) is 6.83. The number of imide groups is 1. The first-order chi connectivity index (χ1) is 13.6. The van der Waals surface area contributed by atoms with E-state index in [0.29, 0.717) is 56.1 Å². The number of carbonyl (C=O) groups excluding carboxylic acids is 3. The molecule has 0 spiro atoms. The molecule has 8 nitrogen and oxygen atoms in total. The zero-order chi connectivity index (χ0) is 19.5. The molecule has 28 heavy (non-hydrogen) atoms. The Labute approximate surface area is 162 Å². The van der Waals surface area contributed by atoms with Crippen LogP contribution in [0.5, 0.6) is 0 Å². The third kappa shape index (κ3) is 3.45. The highest BCUT2D eigenvalue weighted by Gasteiger charge is 2.34. The number of rotatable bonds is 5. The lowest BCUT2D eigenvalue weighted by atomic mass is 10.1. The molecule has 0 unspecified atom stereocenters. The smallest absolute Gasteiger partial charge is 0.261 e. The molecule has 4 rings (SSSR count). The monoisotopic (exact) mass is 379 g/mol. The van der Waals surface area contributed by atoms with Crippen LogP contribution >= 0.6 is 0 Å². The SMILES string of the molecule is O=C(CCCN1C(=O)c2ccccc2C1=O)N1CCN(c2ncccn2)CC1. The molecule has 0 saturated carbocycles. The topological polar surface area (TPSA) is 86.7 Å². The summed E-state index contributed by atoms with van der Waals surface area (Å²) >= 11 is 0. The van der Waals surface area contributed by atoms with Crippen LogP contribution in [0.3, 0.4) is 0 Å². The van der Waals surface area contributed by atoms with Crippen LogP contribution in [0, 0.1) is 0 Å². The highest BCUT2D eigenvalue weighted by Crippen LogP contribution is 2.22. The zero-order valence-electron chi connectivity index (χ0n) is 15.5. The van der Waals surface area contributed by atoms with Gasteiger partial charge in [0.05, 0.1) is 11.1 Å². The van der Waals surface area contributed by atoms with Crippen molar-refractivity contribution in [1.29, 1.82) is 0 Å². The number of anilines is 1. The van der Waals surface area contributed by atoms with E-state index in [9.17, 15) is 14.4 Å². The maximum absolute atomic E-state index is 12.5. The van der Waals surface area contributed by atoms with Crippen LogP contribution in [0.15, 0.2) is 42.7 Å². The molecule has 0 bridgehead atoms. The van der Waals surface area contributed by atoms with Gasteiger partial charge in [0.25, 0.3) is 11.8 Å². The number of aromatic nitrogens is 2. The molecular weight excluding hydrogens is 358 g/mol. The number of benzene rings is 1. The maximum Gasteiger partial charge on any atom is 0.261 e. The van der Waals surface area contributed by atoms with Crippen molar-refractivity contribution >= 4 is 23.7 Å². The molecule has 1 aromatic heterocycles. The van der Waals surface area contributed by atoms with Crippen molar-refractivity contribution in [2.45, 2.75) is 12.8 Å². The highest BCUT2D eigenvalue weighted by molar-refractivity contribution is 6.21. The minimum absolute atomic E-state index is 0.0465. The molecule has 8 heteroatoms. The molecule has 0 N–H and O–H groups in total. The molecule has 2 aliphatic rings. The molecule has 1 fully saturated rings. The Kier molecular flexibility index (Phi) is 5.01. The van der Waals surface area contributed by atoms with Crippen molar-refractivity contribution in [2.75, 3.05) is 37.6 Å². The number of hydrogen-bond acceptors (Lipinski definition) is 6. The fourth-order valence-corrected chi connectivity index (χ4v) is 3.60. The maximum atomic E-state index is 12.5. The molecule has 0 aliphatic carbocycles. The van der Waals surface area contributed by atoms with Crippen LogP contribution < -0.4 is 4.90 Å². The van der Waals surface area contributed by atoms with Gasteiger partial charge in [-0.05, 0) is 24.6 Å². The number of piperazine rings is 1. The second kappa shape index (κ2) is 7.75. The van der Waals surface area contributed by atoms with Crippen LogP contribution in [-0.4, -0.2) is 70.2 Å². The molecular formula is C20H21N5O3. The zero-order valence-corrected chi connectivity index (χ0v) is 15.5. The summed E-state index contributed by atoms with van der Waals surface area (Å²) < 4.78 is 0. The standard InChI is InChI=1S/C20H21N5O3/c26-17(23-11-13-24(14-12-23)20-21-8-4-9-22-20)7-3-10-25-18(27)15-5-1-2-6-16(15)19(25)28/h1-2,4-6,8-9H,3,7,10-14H2. The molecule has 2 aromatic rings. The molecule has 2 aliphatic heterocycles. The summed E-state index contributed by atoms with van der Waals surface area (Å²) in [4.78, 5) is 50.8. The van der Waals surface area contributed by atoms with Gasteiger partial charge < -0.3 is 9.80 Å². The summed E-state index contributed by atoms with van der Waals surface area (Å²) in [5.41, 5.74) is 0.885. The average molecular weight is 379 g/mol. The Hall–Kier alpha value is -3.29. The van der Waals surface area contributed by atoms with Crippen molar-refractivity contribution in [2.24, 2.45) is 0 Å². The third-order valence-electron chi connectivity index (χ3n) is 5.12. The van der Waals surface area contributed by atoms with Gasteiger partial charge in [-0.15, -0.1) is 0 Å². The van der Waals surface area contributed by atoms with Crippen LogP contribution in [-0.2, 0) is 4.79 Å². The number of carbonyl (C=O) groups is 3. The minimum atomic E-state index is -0.274. The van der Waals surface area contributed by atoms with Crippen molar-refractivity contribution in [1.82, 2.24) is 19.8 Å². The molecule has 1 saturated heterocycles. The lowest BCUT2D eigenvalue weighted by Gasteiger charge is -2.34. The minimum Gasteiger partial charge on any atom is -0.339 e. The van der Waals surface area contributed by atoms with Gasteiger partial charge in [-0.25, -0.2) is 9.97 Å². The van der Waals surface area contributed by atoms with E-state index >= 15 is 0 Å². The Bertz CT molecular complexity index is 859. The van der Waals surface area contributed by atoms with Gasteiger partial charge in [0.1, 0.15) is 0 Å². The normalized spacial score (nSPS) is 16.5. The van der Waals surface area contributed by atoms with Crippen molar-refractivity contribution in [3.63, 3.8) is 0 Å². The van der Waals surface area contributed by atoms with E-state index in [4.69, 9.17) is 0 Å². The first kappa shape index (κ1) is 18.1. The number of nitrogens with zero attached hydrogens (tertiary/aromatic N) is 5. The Morgan fingerprint density at radius 3 is 2.11 bits per heavy atom. The van der Waals surface area contributed by atoms with Gasteiger partial charge in [-0.1, -0.05) is 12.1 Å². The van der Waals surface area contributed by atoms with Gasteiger partial charge in [0, 0.05) is 51.5 Å². The van der Waals surface area contributed by atoms with E-state index < -0.39 is 0 Å². The molecule has 0 radical (unpaired) electrons. The van der Waals surface area contributed by atoms with Crippen molar-refractivity contribution in [3.05, 3.63) is 53.9 Å². The lowest BCUT2D eigenvalue weighted by molar-refractivity contribution is -0.131. The van der Waals surface area contributed by atoms with E-state index in [1.54, 1.807) is 42.7 Å². The first-order valence-corrected chi connectivity index (χ1v) is 9.40. The molecule has 1 aromatic carbocycles. The van der Waals surface area contributed by atoms with Crippen LogP contribution in [0.1, 0.15) is 33.6 Å². The molecule has 3 amide bonds. The van der Waals surface area contributed by atoms with Gasteiger partial charge in [-0.3, -0.25) is 19.3 Å². The van der Waals surface area contributed by atoms with Crippen molar-refractivity contribution in [3.8, 4) is 0 Å². The average Bonchev–Trinajstić information content (AvgIpc) is 2.99. The van der Waals surface area contributed by atoms with E-state index in [-0.39, 0.29) is 24.3 Å². The quantitative estimate of drug-likeness (QED) is 0.726. The van der Waals surface area contributed by atoms with Gasteiger partial charge in [0.15, 0.2) is 0 Å². The lowest BCUT2D eigenvalue weighted by Crippen LogP contribution is -2.49. The first-order valence-electron chi connectivity index (χ1n) is 9.40. The van der Waals surface area contributed by atoms with Gasteiger partial charge in [-0.2, -0.15) is 0 Å². The van der Waals surface area contributed by atoms with E-state index in [0.717, 1.165) is 0 Å². The Morgan fingerprint density at radius 2 is 1.50 bits per heavy atom. The summed E-state index contributed by atoms with van der Waals surface area (Å²) in [5.74, 6) is 0.180. The molecule has 0 atom stereocenters. The predicted octanol–water partition coefficient (Wildman–Crippen LogP) is 1.20. The molecule has 3 heterocycles. The number of fused-ring (bicyclic) bond motifs is 1. The van der Waals surface area contributed by atoms with Crippen LogP contribution in [0.2, 0.25) is 0 Å². The summed E-state index contributed by atoms with van der Waals surface area (Å²) in [5, 5.41) is 0. The number of hydrogen-bond donors (Lipinski definition) is 0. The molecule has 144 valence electrons. The van der Waals surface area contributed by atoms with Gasteiger partial charge >= 0.3 is 0 Å². The van der Waals surface area contributed by atoms with Crippen LogP contribution in [0.4, 0.5) is 5.95 Å². The third-order valence-corrected chi connectivity index (χ3v) is 5.12. The summed E-state index contributed by atoms with van der Waals surface area (Å²) in [6.45, 7) is 2.87. The van der Waals surface area contributed by atoms with E-state index in [1.165, 1.54) is 4.90 Å². The Morgan fingerprint density at radius 1 is 0.893 bits per heavy atom.